The number of benzene rings is 1. The van der Waals surface area contributed by atoms with Gasteiger partial charge in [-0.05, 0) is 48.0 Å². The Morgan fingerprint density at radius 3 is 2.58 bits per heavy atom. The summed E-state index contributed by atoms with van der Waals surface area (Å²) < 4.78 is 26.9. The Morgan fingerprint density at radius 1 is 1.33 bits per heavy atom. The second-order valence-corrected chi connectivity index (χ2v) is 7.81. The predicted molar refractivity (Wildman–Crippen MR) is 95.1 cm³/mol. The molecule has 0 aliphatic rings. The molecule has 0 saturated carbocycles. The first-order valence-corrected chi connectivity index (χ1v) is 9.42. The lowest BCUT2D eigenvalue weighted by Crippen LogP contribution is -2.39. The van der Waals surface area contributed by atoms with Crippen LogP contribution in [0.1, 0.15) is 24.2 Å². The van der Waals surface area contributed by atoms with Gasteiger partial charge >= 0.3 is 0 Å². The summed E-state index contributed by atoms with van der Waals surface area (Å²) in [7, 11) is -3.74. The number of hydrogen-bond donors (Lipinski definition) is 3. The number of amides is 2. The van der Waals surface area contributed by atoms with E-state index in [9.17, 15) is 18.0 Å². The number of halogens is 1. The van der Waals surface area contributed by atoms with Gasteiger partial charge in [0.15, 0.2) is 0 Å². The van der Waals surface area contributed by atoms with Gasteiger partial charge in [0.25, 0.3) is 5.91 Å². The van der Waals surface area contributed by atoms with Crippen LogP contribution in [0.15, 0.2) is 40.2 Å². The molecule has 1 rings (SSSR count). The second kappa shape index (κ2) is 8.95. The quantitative estimate of drug-likeness (QED) is 0.552. The van der Waals surface area contributed by atoms with Crippen molar-refractivity contribution in [3.05, 3.63) is 40.9 Å². The smallest absolute Gasteiger partial charge is 0.252 e. The van der Waals surface area contributed by atoms with Crippen LogP contribution < -0.4 is 15.4 Å². The predicted octanol–water partition coefficient (Wildman–Crippen LogP) is 1.17. The van der Waals surface area contributed by atoms with Crippen LogP contribution in [-0.4, -0.2) is 39.4 Å². The van der Waals surface area contributed by atoms with E-state index in [1.165, 1.54) is 24.3 Å². The van der Waals surface area contributed by atoms with E-state index in [4.69, 9.17) is 0 Å². The SMILES string of the molecule is C=CCNS(=O)(=O)c1ccc(Br)c(C(=O)NCC(=O)NC(C)C)c1. The highest BCUT2D eigenvalue weighted by atomic mass is 79.9. The van der Waals surface area contributed by atoms with Crippen LogP contribution >= 0.6 is 15.9 Å². The van der Waals surface area contributed by atoms with Gasteiger partial charge in [-0.2, -0.15) is 0 Å². The monoisotopic (exact) mass is 417 g/mol. The molecule has 0 aliphatic carbocycles. The molecule has 1 aromatic rings. The maximum Gasteiger partial charge on any atom is 0.252 e. The third kappa shape index (κ3) is 6.06. The Kier molecular flexibility index (Phi) is 7.59. The van der Waals surface area contributed by atoms with Crippen molar-refractivity contribution in [2.24, 2.45) is 0 Å². The lowest BCUT2D eigenvalue weighted by atomic mass is 10.2. The van der Waals surface area contributed by atoms with Crippen LogP contribution in [0.2, 0.25) is 0 Å². The molecule has 7 nitrogen and oxygen atoms in total. The fourth-order valence-electron chi connectivity index (χ4n) is 1.73. The van der Waals surface area contributed by atoms with Crippen LogP contribution in [0.3, 0.4) is 0 Å². The Bertz CT molecular complexity index is 732. The van der Waals surface area contributed by atoms with Gasteiger partial charge in [-0.15, -0.1) is 6.58 Å². The lowest BCUT2D eigenvalue weighted by molar-refractivity contribution is -0.120. The molecule has 0 bridgehead atoms. The third-order valence-electron chi connectivity index (χ3n) is 2.77. The maximum absolute atomic E-state index is 12.2. The highest BCUT2D eigenvalue weighted by molar-refractivity contribution is 9.10. The fraction of sp³-hybridized carbons (Fsp3) is 0.333. The van der Waals surface area contributed by atoms with E-state index < -0.39 is 15.9 Å². The zero-order valence-corrected chi connectivity index (χ0v) is 15.8. The van der Waals surface area contributed by atoms with Crippen LogP contribution in [0.25, 0.3) is 0 Å². The van der Waals surface area contributed by atoms with Crippen LogP contribution in [0.5, 0.6) is 0 Å². The van der Waals surface area contributed by atoms with E-state index in [1.54, 1.807) is 13.8 Å². The zero-order valence-electron chi connectivity index (χ0n) is 13.4. The van der Waals surface area contributed by atoms with E-state index in [2.05, 4.69) is 37.9 Å². The molecule has 9 heteroatoms. The van der Waals surface area contributed by atoms with Crippen LogP contribution in [-0.2, 0) is 14.8 Å². The highest BCUT2D eigenvalue weighted by Gasteiger charge is 2.18. The number of hydrogen-bond acceptors (Lipinski definition) is 4. The average molecular weight is 418 g/mol. The summed E-state index contributed by atoms with van der Waals surface area (Å²) in [4.78, 5) is 23.7. The van der Waals surface area contributed by atoms with Gasteiger partial charge < -0.3 is 10.6 Å². The lowest BCUT2D eigenvalue weighted by Gasteiger charge is -2.11. The molecule has 0 radical (unpaired) electrons. The first kappa shape index (κ1) is 20.3. The Labute approximate surface area is 150 Å². The molecule has 0 saturated heterocycles. The van der Waals surface area contributed by atoms with Crippen LogP contribution in [0.4, 0.5) is 0 Å². The molecule has 2 amide bonds. The van der Waals surface area contributed by atoms with Crippen molar-refractivity contribution in [3.63, 3.8) is 0 Å². The molecular weight excluding hydrogens is 398 g/mol. The van der Waals surface area contributed by atoms with E-state index in [-0.39, 0.29) is 35.5 Å². The van der Waals surface area contributed by atoms with Crippen molar-refractivity contribution in [1.29, 1.82) is 0 Å². The van der Waals surface area contributed by atoms with Crippen molar-refractivity contribution < 1.29 is 18.0 Å². The standard InChI is InChI=1S/C15H20BrN3O4S/c1-4-7-18-24(22,23)11-5-6-13(16)12(8-11)15(21)17-9-14(20)19-10(2)3/h4-6,8,10,18H,1,7,9H2,2-3H3,(H,17,21)(H,19,20). The van der Waals surface area contributed by atoms with Gasteiger partial charge in [0.05, 0.1) is 17.0 Å². The molecule has 0 heterocycles. The van der Waals surface area contributed by atoms with Crippen LogP contribution in [0, 0.1) is 0 Å². The van der Waals surface area contributed by atoms with E-state index in [0.29, 0.717) is 4.47 Å². The molecule has 0 aromatic heterocycles. The zero-order chi connectivity index (χ0) is 18.3. The summed E-state index contributed by atoms with van der Waals surface area (Å²) in [5.41, 5.74) is 0.119. The van der Waals surface area contributed by atoms with E-state index >= 15 is 0 Å². The Morgan fingerprint density at radius 2 is 2.00 bits per heavy atom. The minimum Gasteiger partial charge on any atom is -0.352 e. The summed E-state index contributed by atoms with van der Waals surface area (Å²) in [6.07, 6.45) is 1.41. The largest absolute Gasteiger partial charge is 0.352 e. The van der Waals surface area contributed by atoms with Gasteiger partial charge in [-0.1, -0.05) is 6.08 Å². The molecule has 0 fully saturated rings. The van der Waals surface area contributed by atoms with E-state index in [0.717, 1.165) is 0 Å². The second-order valence-electron chi connectivity index (χ2n) is 5.19. The van der Waals surface area contributed by atoms with Crippen molar-refractivity contribution in [2.75, 3.05) is 13.1 Å². The van der Waals surface area contributed by atoms with Gasteiger partial charge in [-0.3, -0.25) is 9.59 Å². The topological polar surface area (TPSA) is 104 Å². The number of carbonyl (C=O) groups is 2. The van der Waals surface area contributed by atoms with Crippen molar-refractivity contribution >= 4 is 37.8 Å². The molecule has 0 unspecified atom stereocenters. The van der Waals surface area contributed by atoms with Crippen molar-refractivity contribution in [1.82, 2.24) is 15.4 Å². The first-order valence-electron chi connectivity index (χ1n) is 7.15. The summed E-state index contributed by atoms with van der Waals surface area (Å²) >= 11 is 3.20. The number of carbonyl (C=O) groups excluding carboxylic acids is 2. The first-order chi connectivity index (χ1) is 11.2. The molecular formula is C15H20BrN3O4S. The van der Waals surface area contributed by atoms with Gasteiger partial charge in [-0.25, -0.2) is 13.1 Å². The normalized spacial score (nSPS) is 11.2. The van der Waals surface area contributed by atoms with Crippen molar-refractivity contribution in [2.45, 2.75) is 24.8 Å². The Hall–Kier alpha value is -1.71. The molecule has 24 heavy (non-hydrogen) atoms. The average Bonchev–Trinajstić information content (AvgIpc) is 2.50. The summed E-state index contributed by atoms with van der Waals surface area (Å²) in [5, 5.41) is 5.10. The number of nitrogens with one attached hydrogen (secondary N) is 3. The summed E-state index contributed by atoms with van der Waals surface area (Å²) in [6.45, 7) is 6.93. The minimum absolute atomic E-state index is 0.0365. The minimum atomic E-state index is -3.74. The van der Waals surface area contributed by atoms with Crippen molar-refractivity contribution in [3.8, 4) is 0 Å². The summed E-state index contributed by atoms with van der Waals surface area (Å²) in [5.74, 6) is -0.882. The number of sulfonamides is 1. The molecule has 1 aromatic carbocycles. The number of rotatable bonds is 8. The Balaban J connectivity index is 2.91. The van der Waals surface area contributed by atoms with Gasteiger partial charge in [0.1, 0.15) is 0 Å². The summed E-state index contributed by atoms with van der Waals surface area (Å²) in [6, 6.07) is 4.04. The highest BCUT2D eigenvalue weighted by Crippen LogP contribution is 2.21. The van der Waals surface area contributed by atoms with E-state index in [1.807, 2.05) is 0 Å². The van der Waals surface area contributed by atoms with Gasteiger partial charge in [0, 0.05) is 17.1 Å². The molecule has 0 aliphatic heterocycles. The fourth-order valence-corrected chi connectivity index (χ4v) is 3.18. The molecule has 0 spiro atoms. The maximum atomic E-state index is 12.2. The molecule has 3 N–H and O–H groups in total. The van der Waals surface area contributed by atoms with Gasteiger partial charge in [0.2, 0.25) is 15.9 Å². The molecule has 0 atom stereocenters. The molecule has 132 valence electrons. The third-order valence-corrected chi connectivity index (χ3v) is 4.88.